The van der Waals surface area contributed by atoms with E-state index in [0.717, 1.165) is 17.5 Å². The van der Waals surface area contributed by atoms with Gasteiger partial charge in [-0.15, -0.1) is 0 Å². The largest absolute Gasteiger partial charge is 0.388 e. The number of aliphatic hydroxyl groups excluding tert-OH is 1. The Morgan fingerprint density at radius 3 is 2.47 bits per heavy atom. The van der Waals surface area contributed by atoms with Crippen LogP contribution in [-0.4, -0.2) is 5.11 Å². The first-order chi connectivity index (χ1) is 9.16. The fourth-order valence-electron chi connectivity index (χ4n) is 2.96. The van der Waals surface area contributed by atoms with Gasteiger partial charge in [-0.3, -0.25) is 0 Å². The minimum absolute atomic E-state index is 0.0695. The Bertz CT molecular complexity index is 576. The van der Waals surface area contributed by atoms with Crippen molar-refractivity contribution >= 4 is 0 Å². The summed E-state index contributed by atoms with van der Waals surface area (Å²) in [7, 11) is 0. The van der Waals surface area contributed by atoms with E-state index in [-0.39, 0.29) is 12.0 Å². The van der Waals surface area contributed by atoms with Crippen LogP contribution in [0.25, 0.3) is 0 Å². The monoisotopic (exact) mass is 253 g/mol. The van der Waals surface area contributed by atoms with Crippen LogP contribution in [0.3, 0.4) is 0 Å². The number of rotatable bonds is 2. The third-order valence-corrected chi connectivity index (χ3v) is 4.16. The molecule has 0 aromatic heterocycles. The number of benzene rings is 2. The maximum absolute atomic E-state index is 10.4. The van der Waals surface area contributed by atoms with E-state index in [4.69, 9.17) is 5.73 Å². The summed E-state index contributed by atoms with van der Waals surface area (Å²) < 4.78 is 0. The lowest BCUT2D eigenvalue weighted by Crippen LogP contribution is -2.24. The molecule has 1 aliphatic carbocycles. The molecule has 0 unspecified atom stereocenters. The Labute approximate surface area is 113 Å². The summed E-state index contributed by atoms with van der Waals surface area (Å²) in [6.07, 6.45) is 0.402. The molecule has 3 N–H and O–H groups in total. The molecule has 0 saturated carbocycles. The minimum Gasteiger partial charge on any atom is -0.388 e. The molecule has 1 aliphatic rings. The second kappa shape index (κ2) is 4.80. The van der Waals surface area contributed by atoms with Crippen LogP contribution in [0.15, 0.2) is 48.5 Å². The van der Waals surface area contributed by atoms with Crippen molar-refractivity contribution in [3.05, 3.63) is 70.8 Å². The maximum Gasteiger partial charge on any atom is 0.0842 e. The molecule has 0 spiro atoms. The Kier molecular flexibility index (Phi) is 3.13. The van der Waals surface area contributed by atoms with Gasteiger partial charge < -0.3 is 10.8 Å². The Balaban J connectivity index is 1.87. The van der Waals surface area contributed by atoms with Gasteiger partial charge in [0.1, 0.15) is 0 Å². The Hall–Kier alpha value is -1.64. The first-order valence-electron chi connectivity index (χ1n) is 6.75. The first-order valence-corrected chi connectivity index (χ1v) is 6.75. The van der Waals surface area contributed by atoms with Crippen molar-refractivity contribution in [2.75, 3.05) is 0 Å². The minimum atomic E-state index is -0.451. The summed E-state index contributed by atoms with van der Waals surface area (Å²) in [5.41, 5.74) is 10.9. The van der Waals surface area contributed by atoms with Crippen LogP contribution in [0, 0.1) is 12.8 Å². The zero-order valence-electron chi connectivity index (χ0n) is 11.1. The lowest BCUT2D eigenvalue weighted by molar-refractivity contribution is 0.108. The molecule has 98 valence electrons. The van der Waals surface area contributed by atoms with Gasteiger partial charge in [-0.25, -0.2) is 0 Å². The van der Waals surface area contributed by atoms with Crippen molar-refractivity contribution in [2.45, 2.75) is 25.5 Å². The predicted molar refractivity (Wildman–Crippen MR) is 76.7 cm³/mol. The molecule has 2 aromatic carbocycles. The van der Waals surface area contributed by atoms with Gasteiger partial charge in [0, 0.05) is 12.0 Å². The van der Waals surface area contributed by atoms with Crippen molar-refractivity contribution in [1.29, 1.82) is 0 Å². The second-order valence-corrected chi connectivity index (χ2v) is 5.45. The van der Waals surface area contributed by atoms with Crippen molar-refractivity contribution < 1.29 is 5.11 Å². The van der Waals surface area contributed by atoms with Gasteiger partial charge in [0.05, 0.1) is 6.10 Å². The summed E-state index contributed by atoms with van der Waals surface area (Å²) in [4.78, 5) is 0. The molecule has 0 bridgehead atoms. The standard InChI is InChI=1S/C17H19NO/c1-11-6-8-12(9-7-11)16(18)15-10-13-4-2-3-5-14(13)17(15)19/h2-9,15-17,19H,10,18H2,1H3/t15-,16+,17+/m1/s1. The molecule has 0 fully saturated rings. The fourth-order valence-corrected chi connectivity index (χ4v) is 2.96. The van der Waals surface area contributed by atoms with Crippen LogP contribution in [-0.2, 0) is 6.42 Å². The van der Waals surface area contributed by atoms with Crippen LogP contribution in [0.2, 0.25) is 0 Å². The second-order valence-electron chi connectivity index (χ2n) is 5.45. The van der Waals surface area contributed by atoms with E-state index in [1.54, 1.807) is 0 Å². The highest BCUT2D eigenvalue weighted by Gasteiger charge is 2.35. The van der Waals surface area contributed by atoms with Crippen molar-refractivity contribution in [3.8, 4) is 0 Å². The van der Waals surface area contributed by atoms with Gasteiger partial charge in [0.2, 0.25) is 0 Å². The van der Waals surface area contributed by atoms with E-state index in [1.807, 2.05) is 18.2 Å². The number of aryl methyl sites for hydroxylation is 1. The molecule has 19 heavy (non-hydrogen) atoms. The Morgan fingerprint density at radius 1 is 1.11 bits per heavy atom. The molecule has 0 radical (unpaired) electrons. The van der Waals surface area contributed by atoms with E-state index in [0.29, 0.717) is 0 Å². The highest BCUT2D eigenvalue weighted by Crippen LogP contribution is 2.41. The number of hydrogen-bond donors (Lipinski definition) is 2. The van der Waals surface area contributed by atoms with Crippen LogP contribution < -0.4 is 5.73 Å². The molecule has 0 amide bonds. The van der Waals surface area contributed by atoms with Gasteiger partial charge in [0.25, 0.3) is 0 Å². The van der Waals surface area contributed by atoms with Crippen LogP contribution in [0.4, 0.5) is 0 Å². The normalized spacial score (nSPS) is 23.1. The molecule has 2 heteroatoms. The molecule has 0 saturated heterocycles. The van der Waals surface area contributed by atoms with Gasteiger partial charge in [-0.05, 0) is 30.0 Å². The van der Waals surface area contributed by atoms with Crippen LogP contribution >= 0.6 is 0 Å². The zero-order valence-corrected chi connectivity index (χ0v) is 11.1. The summed E-state index contributed by atoms with van der Waals surface area (Å²) in [5.74, 6) is 0.0695. The van der Waals surface area contributed by atoms with Crippen LogP contribution in [0.5, 0.6) is 0 Å². The molecular formula is C17H19NO. The number of aliphatic hydroxyl groups is 1. The smallest absolute Gasteiger partial charge is 0.0842 e. The van der Waals surface area contributed by atoms with Gasteiger partial charge in [-0.2, -0.15) is 0 Å². The lowest BCUT2D eigenvalue weighted by Gasteiger charge is -2.23. The van der Waals surface area contributed by atoms with E-state index in [1.165, 1.54) is 11.1 Å². The summed E-state index contributed by atoms with van der Waals surface area (Å²) >= 11 is 0. The van der Waals surface area contributed by atoms with Crippen molar-refractivity contribution in [3.63, 3.8) is 0 Å². The molecule has 0 aliphatic heterocycles. The number of fused-ring (bicyclic) bond motifs is 1. The average molecular weight is 253 g/mol. The van der Waals surface area contributed by atoms with Gasteiger partial charge in [-0.1, -0.05) is 54.1 Å². The maximum atomic E-state index is 10.4. The molecule has 0 heterocycles. The highest BCUT2D eigenvalue weighted by molar-refractivity contribution is 5.36. The van der Waals surface area contributed by atoms with E-state index >= 15 is 0 Å². The van der Waals surface area contributed by atoms with E-state index in [2.05, 4.69) is 37.3 Å². The van der Waals surface area contributed by atoms with Crippen LogP contribution in [0.1, 0.15) is 34.4 Å². The molecular weight excluding hydrogens is 234 g/mol. The van der Waals surface area contributed by atoms with E-state index in [9.17, 15) is 5.11 Å². The molecule has 2 aromatic rings. The fraction of sp³-hybridized carbons (Fsp3) is 0.294. The third kappa shape index (κ3) is 2.18. The Morgan fingerprint density at radius 2 is 1.79 bits per heavy atom. The zero-order chi connectivity index (χ0) is 13.4. The highest BCUT2D eigenvalue weighted by atomic mass is 16.3. The van der Waals surface area contributed by atoms with Gasteiger partial charge >= 0.3 is 0 Å². The van der Waals surface area contributed by atoms with E-state index < -0.39 is 6.10 Å². The number of hydrogen-bond acceptors (Lipinski definition) is 2. The third-order valence-electron chi connectivity index (χ3n) is 4.16. The quantitative estimate of drug-likeness (QED) is 0.864. The van der Waals surface area contributed by atoms with Crippen molar-refractivity contribution in [1.82, 2.24) is 0 Å². The SMILES string of the molecule is Cc1ccc([C@H](N)[C@H]2Cc3ccccc3[C@@H]2O)cc1. The summed E-state index contributed by atoms with van der Waals surface area (Å²) in [6, 6.07) is 16.2. The summed E-state index contributed by atoms with van der Waals surface area (Å²) in [6.45, 7) is 2.07. The summed E-state index contributed by atoms with van der Waals surface area (Å²) in [5, 5.41) is 10.4. The topological polar surface area (TPSA) is 46.2 Å². The molecule has 3 rings (SSSR count). The first kappa shape index (κ1) is 12.4. The lowest BCUT2D eigenvalue weighted by atomic mass is 9.89. The molecule has 3 atom stereocenters. The predicted octanol–water partition coefficient (Wildman–Crippen LogP) is 2.90. The number of nitrogens with two attached hydrogens (primary N) is 1. The molecule has 2 nitrogen and oxygen atoms in total. The van der Waals surface area contributed by atoms with Gasteiger partial charge in [0.15, 0.2) is 0 Å². The van der Waals surface area contributed by atoms with Crippen molar-refractivity contribution in [2.24, 2.45) is 11.7 Å². The average Bonchev–Trinajstić information content (AvgIpc) is 2.77.